The van der Waals surface area contributed by atoms with Crippen LogP contribution in [0.2, 0.25) is 0 Å². The molecule has 0 unspecified atom stereocenters. The molecule has 0 aliphatic carbocycles. The van der Waals surface area contributed by atoms with Crippen LogP contribution in [0.1, 0.15) is 37.8 Å². The molecule has 5 heteroatoms. The number of nitrogens with zero attached hydrogens (tertiary/aromatic N) is 1. The molecule has 134 valence electrons. The Morgan fingerprint density at radius 1 is 1.20 bits per heavy atom. The Kier molecular flexibility index (Phi) is 4.69. The van der Waals surface area contributed by atoms with E-state index in [4.69, 9.17) is 4.74 Å². The number of aryl methyl sites for hydroxylation is 2. The third-order valence-corrected chi connectivity index (χ3v) is 5.48. The Morgan fingerprint density at radius 2 is 1.80 bits per heavy atom. The lowest BCUT2D eigenvalue weighted by Gasteiger charge is -2.39. The number of piperidine rings is 1. The van der Waals surface area contributed by atoms with E-state index in [9.17, 15) is 9.59 Å². The van der Waals surface area contributed by atoms with Gasteiger partial charge in [0.05, 0.1) is 5.57 Å². The van der Waals surface area contributed by atoms with Crippen molar-refractivity contribution in [2.45, 2.75) is 46.1 Å². The lowest BCUT2D eigenvalue weighted by atomic mass is 9.82. The normalized spacial score (nSPS) is 20.1. The average Bonchev–Trinajstić information content (AvgIpc) is 2.82. The number of benzene rings is 1. The zero-order valence-electron chi connectivity index (χ0n) is 15.4. The molecule has 3 rings (SSSR count). The van der Waals surface area contributed by atoms with Crippen molar-refractivity contribution in [3.63, 3.8) is 0 Å². The zero-order valence-corrected chi connectivity index (χ0v) is 15.4. The van der Waals surface area contributed by atoms with E-state index >= 15 is 0 Å². The van der Waals surface area contributed by atoms with Crippen LogP contribution in [0.4, 0.5) is 5.69 Å². The second-order valence-corrected chi connectivity index (χ2v) is 7.04. The molecular formula is C20H26N2O3. The van der Waals surface area contributed by atoms with Crippen molar-refractivity contribution in [2.24, 2.45) is 0 Å². The van der Waals surface area contributed by atoms with Gasteiger partial charge in [0.25, 0.3) is 5.91 Å². The number of amides is 1. The zero-order chi connectivity index (χ0) is 18.2. The van der Waals surface area contributed by atoms with E-state index in [-0.39, 0.29) is 11.9 Å². The highest BCUT2D eigenvalue weighted by atomic mass is 16.6. The van der Waals surface area contributed by atoms with Gasteiger partial charge in [0.2, 0.25) is 0 Å². The summed E-state index contributed by atoms with van der Waals surface area (Å²) in [5.41, 5.74) is 3.00. The smallest absolute Gasteiger partial charge is 0.335 e. The number of esters is 1. The van der Waals surface area contributed by atoms with Gasteiger partial charge in [0, 0.05) is 37.2 Å². The van der Waals surface area contributed by atoms with Gasteiger partial charge in [-0.3, -0.25) is 4.79 Å². The summed E-state index contributed by atoms with van der Waals surface area (Å²) in [6.07, 6.45) is 1.33. The molecule has 0 saturated carbocycles. The topological polar surface area (TPSA) is 58.6 Å². The van der Waals surface area contributed by atoms with Crippen molar-refractivity contribution in [3.05, 3.63) is 40.5 Å². The van der Waals surface area contributed by atoms with Gasteiger partial charge in [-0.25, -0.2) is 4.79 Å². The number of hydrogen-bond acceptors (Lipinski definition) is 4. The number of carbonyl (C=O) groups is 2. The van der Waals surface area contributed by atoms with Crippen molar-refractivity contribution in [2.75, 3.05) is 25.0 Å². The Hall–Kier alpha value is -2.14. The Morgan fingerprint density at radius 3 is 2.36 bits per heavy atom. The molecule has 1 aromatic carbocycles. The van der Waals surface area contributed by atoms with Gasteiger partial charge in [-0.2, -0.15) is 0 Å². The summed E-state index contributed by atoms with van der Waals surface area (Å²) >= 11 is 0. The van der Waals surface area contributed by atoms with Crippen LogP contribution in [0.5, 0.6) is 0 Å². The van der Waals surface area contributed by atoms with Crippen LogP contribution in [-0.2, 0) is 14.3 Å². The van der Waals surface area contributed by atoms with Gasteiger partial charge < -0.3 is 15.0 Å². The molecule has 1 fully saturated rings. The van der Waals surface area contributed by atoms with Crippen LogP contribution in [0.3, 0.4) is 0 Å². The highest BCUT2D eigenvalue weighted by Gasteiger charge is 2.50. The minimum absolute atomic E-state index is 0.217. The highest BCUT2D eigenvalue weighted by molar-refractivity contribution is 6.13. The number of anilines is 1. The van der Waals surface area contributed by atoms with Gasteiger partial charge >= 0.3 is 5.97 Å². The molecule has 1 aromatic rings. The van der Waals surface area contributed by atoms with Crippen molar-refractivity contribution in [3.8, 4) is 0 Å². The fraction of sp³-hybridized carbons (Fsp3) is 0.500. The van der Waals surface area contributed by atoms with Crippen molar-refractivity contribution in [1.82, 2.24) is 4.90 Å². The first kappa shape index (κ1) is 17.7. The number of nitrogens with one attached hydrogen (secondary N) is 1. The molecule has 2 heterocycles. The van der Waals surface area contributed by atoms with Gasteiger partial charge in [0.1, 0.15) is 5.60 Å². The number of hydrogen-bond donors (Lipinski definition) is 1. The van der Waals surface area contributed by atoms with Crippen LogP contribution >= 0.6 is 0 Å². The third-order valence-electron chi connectivity index (χ3n) is 5.48. The highest BCUT2D eigenvalue weighted by Crippen LogP contribution is 2.41. The summed E-state index contributed by atoms with van der Waals surface area (Å²) in [6.45, 7) is 10.4. The van der Waals surface area contributed by atoms with Crippen LogP contribution in [0.15, 0.2) is 29.3 Å². The fourth-order valence-electron chi connectivity index (χ4n) is 3.90. The summed E-state index contributed by atoms with van der Waals surface area (Å²) in [6, 6.07) is 5.90. The van der Waals surface area contributed by atoms with E-state index in [1.54, 1.807) is 6.92 Å². The SMILES string of the molecule is CCN1CCC2(CC1)OC(=O)C(C)=C2C(=O)Nc1c(C)cccc1C. The van der Waals surface area contributed by atoms with Crippen LogP contribution in [0.25, 0.3) is 0 Å². The molecule has 1 N–H and O–H groups in total. The predicted molar refractivity (Wildman–Crippen MR) is 97.4 cm³/mol. The molecule has 1 saturated heterocycles. The molecule has 0 bridgehead atoms. The third kappa shape index (κ3) is 3.09. The van der Waals surface area contributed by atoms with Gasteiger partial charge in [-0.15, -0.1) is 0 Å². The largest absolute Gasteiger partial charge is 0.450 e. The number of ether oxygens (including phenoxy) is 1. The maximum absolute atomic E-state index is 13.1. The van der Waals surface area contributed by atoms with Crippen molar-refractivity contribution in [1.29, 1.82) is 0 Å². The van der Waals surface area contributed by atoms with Gasteiger partial charge in [-0.1, -0.05) is 25.1 Å². The van der Waals surface area contributed by atoms with E-state index in [2.05, 4.69) is 17.1 Å². The summed E-state index contributed by atoms with van der Waals surface area (Å²) < 4.78 is 5.73. The second kappa shape index (κ2) is 6.64. The maximum Gasteiger partial charge on any atom is 0.335 e. The van der Waals surface area contributed by atoms with Gasteiger partial charge in [-0.05, 0) is 38.4 Å². The predicted octanol–water partition coefficient (Wildman–Crippen LogP) is 2.97. The molecule has 5 nitrogen and oxygen atoms in total. The molecule has 0 radical (unpaired) electrons. The number of likely N-dealkylation sites (tertiary alicyclic amines) is 1. The van der Waals surface area contributed by atoms with Crippen molar-refractivity contribution < 1.29 is 14.3 Å². The molecule has 2 aliphatic rings. The molecule has 0 aromatic heterocycles. The number of carbonyl (C=O) groups excluding carboxylic acids is 2. The minimum atomic E-state index is -0.770. The minimum Gasteiger partial charge on any atom is -0.450 e. The average molecular weight is 342 g/mol. The first-order valence-electron chi connectivity index (χ1n) is 8.92. The van der Waals surface area contributed by atoms with E-state index in [0.29, 0.717) is 24.0 Å². The van der Waals surface area contributed by atoms with E-state index < -0.39 is 5.60 Å². The first-order chi connectivity index (χ1) is 11.9. The Bertz CT molecular complexity index is 723. The van der Waals surface area contributed by atoms with Crippen LogP contribution in [0, 0.1) is 13.8 Å². The maximum atomic E-state index is 13.1. The molecule has 25 heavy (non-hydrogen) atoms. The summed E-state index contributed by atoms with van der Waals surface area (Å²) in [4.78, 5) is 27.6. The standard InChI is InChI=1S/C20H26N2O3/c1-5-22-11-9-20(10-12-22)16(15(4)19(24)25-20)18(23)21-17-13(2)7-6-8-14(17)3/h6-8H,5,9-12H2,1-4H3,(H,21,23). The Labute approximate surface area is 149 Å². The summed E-state index contributed by atoms with van der Waals surface area (Å²) in [5.74, 6) is -0.581. The molecule has 0 atom stereocenters. The molecule has 1 spiro atoms. The quantitative estimate of drug-likeness (QED) is 0.858. The van der Waals surface area contributed by atoms with Crippen molar-refractivity contribution >= 4 is 17.6 Å². The van der Waals surface area contributed by atoms with Crippen LogP contribution in [-0.4, -0.2) is 42.0 Å². The number of rotatable bonds is 3. The second-order valence-electron chi connectivity index (χ2n) is 7.04. The molecule has 1 amide bonds. The molecule has 2 aliphatic heterocycles. The van der Waals surface area contributed by atoms with E-state index in [0.717, 1.165) is 36.4 Å². The Balaban J connectivity index is 1.90. The van der Waals surface area contributed by atoms with E-state index in [1.807, 2.05) is 32.0 Å². The van der Waals surface area contributed by atoms with Crippen LogP contribution < -0.4 is 5.32 Å². The lowest BCUT2D eigenvalue weighted by Crippen LogP contribution is -2.47. The van der Waals surface area contributed by atoms with Gasteiger partial charge in [0.15, 0.2) is 0 Å². The first-order valence-corrected chi connectivity index (χ1v) is 8.92. The number of para-hydroxylation sites is 1. The molecular weight excluding hydrogens is 316 g/mol. The fourth-order valence-corrected chi connectivity index (χ4v) is 3.90. The summed E-state index contributed by atoms with van der Waals surface area (Å²) in [7, 11) is 0. The lowest BCUT2D eigenvalue weighted by molar-refractivity contribution is -0.150. The van der Waals surface area contributed by atoms with E-state index in [1.165, 1.54) is 0 Å². The monoisotopic (exact) mass is 342 g/mol. The summed E-state index contributed by atoms with van der Waals surface area (Å²) in [5, 5.41) is 3.03.